The Labute approximate surface area is 82.6 Å². The predicted octanol–water partition coefficient (Wildman–Crippen LogP) is 1.65. The monoisotopic (exact) mass is 185 g/mol. The van der Waals surface area contributed by atoms with Crippen molar-refractivity contribution in [1.29, 1.82) is 0 Å². The van der Waals surface area contributed by atoms with Crippen molar-refractivity contribution < 1.29 is 0 Å². The van der Waals surface area contributed by atoms with E-state index in [1.54, 1.807) is 12.4 Å². The fraction of sp³-hybridized carbons (Fsp3) is 0.0909. The van der Waals surface area contributed by atoms with E-state index in [4.69, 9.17) is 5.73 Å². The number of anilines is 1. The molecule has 2 N–H and O–H groups in total. The number of hydrogen-bond donors (Lipinski definition) is 1. The van der Waals surface area contributed by atoms with Crippen LogP contribution in [-0.4, -0.2) is 9.97 Å². The Morgan fingerprint density at radius 1 is 1.14 bits per heavy atom. The molecule has 3 nitrogen and oxygen atoms in total. The Hall–Kier alpha value is -1.90. The smallest absolute Gasteiger partial charge is 0.0676 e. The summed E-state index contributed by atoms with van der Waals surface area (Å²) < 4.78 is 0. The summed E-state index contributed by atoms with van der Waals surface area (Å²) in [6.45, 7) is 0. The molecule has 2 heterocycles. The highest BCUT2D eigenvalue weighted by atomic mass is 14.7. The standard InChI is InChI=1S/C11H11N3/c12-10-4-2-6-14-11(10)7-9-3-1-5-13-8-9/h1-6,8H,7,12H2. The second kappa shape index (κ2) is 3.87. The lowest BCUT2D eigenvalue weighted by Gasteiger charge is -2.02. The number of pyridine rings is 2. The summed E-state index contributed by atoms with van der Waals surface area (Å²) in [4.78, 5) is 8.26. The van der Waals surface area contributed by atoms with Crippen LogP contribution in [0.4, 0.5) is 5.69 Å². The maximum Gasteiger partial charge on any atom is 0.0676 e. The van der Waals surface area contributed by atoms with Gasteiger partial charge in [0.1, 0.15) is 0 Å². The number of rotatable bonds is 2. The summed E-state index contributed by atoms with van der Waals surface area (Å²) in [5.74, 6) is 0. The van der Waals surface area contributed by atoms with Crippen molar-refractivity contribution in [1.82, 2.24) is 9.97 Å². The molecule has 2 aromatic rings. The molecule has 0 bridgehead atoms. The SMILES string of the molecule is Nc1cccnc1Cc1cccnc1. The molecule has 0 amide bonds. The van der Waals surface area contributed by atoms with E-state index in [0.717, 1.165) is 23.4 Å². The van der Waals surface area contributed by atoms with Gasteiger partial charge in [-0.05, 0) is 23.8 Å². The highest BCUT2D eigenvalue weighted by Gasteiger charge is 2.00. The number of nitrogens with two attached hydrogens (primary N) is 1. The molecule has 0 radical (unpaired) electrons. The van der Waals surface area contributed by atoms with Crippen LogP contribution >= 0.6 is 0 Å². The van der Waals surface area contributed by atoms with Crippen molar-refractivity contribution in [2.24, 2.45) is 0 Å². The third-order valence-corrected chi connectivity index (χ3v) is 2.02. The maximum absolute atomic E-state index is 5.79. The van der Waals surface area contributed by atoms with Crippen LogP contribution in [-0.2, 0) is 6.42 Å². The Morgan fingerprint density at radius 3 is 2.71 bits per heavy atom. The van der Waals surface area contributed by atoms with Crippen molar-refractivity contribution in [2.45, 2.75) is 6.42 Å². The molecule has 0 aliphatic carbocycles. The quantitative estimate of drug-likeness (QED) is 0.774. The zero-order chi connectivity index (χ0) is 9.80. The van der Waals surface area contributed by atoms with Gasteiger partial charge in [0.05, 0.1) is 11.4 Å². The first kappa shape index (κ1) is 8.69. The Balaban J connectivity index is 2.24. The maximum atomic E-state index is 5.79. The molecule has 0 aromatic carbocycles. The molecule has 0 unspecified atom stereocenters. The van der Waals surface area contributed by atoms with Crippen LogP contribution in [0.5, 0.6) is 0 Å². The second-order valence-corrected chi connectivity index (χ2v) is 3.08. The summed E-state index contributed by atoms with van der Waals surface area (Å²) in [7, 11) is 0. The first-order valence-corrected chi connectivity index (χ1v) is 4.44. The molecule has 0 atom stereocenters. The molecule has 2 aromatic heterocycles. The molecular formula is C11H11N3. The van der Waals surface area contributed by atoms with E-state index in [2.05, 4.69) is 9.97 Å². The van der Waals surface area contributed by atoms with E-state index in [-0.39, 0.29) is 0 Å². The van der Waals surface area contributed by atoms with Crippen LogP contribution in [0.15, 0.2) is 42.9 Å². The number of nitrogen functional groups attached to an aromatic ring is 1. The molecule has 14 heavy (non-hydrogen) atoms. The highest BCUT2D eigenvalue weighted by molar-refractivity contribution is 5.43. The van der Waals surface area contributed by atoms with E-state index in [9.17, 15) is 0 Å². The molecule has 2 rings (SSSR count). The van der Waals surface area contributed by atoms with Gasteiger partial charge >= 0.3 is 0 Å². The van der Waals surface area contributed by atoms with E-state index < -0.39 is 0 Å². The number of nitrogens with zero attached hydrogens (tertiary/aromatic N) is 2. The normalized spacial score (nSPS) is 10.0. The lowest BCUT2D eigenvalue weighted by molar-refractivity contribution is 1.06. The Kier molecular flexibility index (Phi) is 2.40. The zero-order valence-electron chi connectivity index (χ0n) is 7.72. The van der Waals surface area contributed by atoms with E-state index in [0.29, 0.717) is 0 Å². The molecule has 0 fully saturated rings. The summed E-state index contributed by atoms with van der Waals surface area (Å²) >= 11 is 0. The topological polar surface area (TPSA) is 51.8 Å². The van der Waals surface area contributed by atoms with Gasteiger partial charge in [-0.25, -0.2) is 0 Å². The minimum absolute atomic E-state index is 0.733. The van der Waals surface area contributed by atoms with Crippen LogP contribution in [0.2, 0.25) is 0 Å². The summed E-state index contributed by atoms with van der Waals surface area (Å²) in [6, 6.07) is 7.62. The number of hydrogen-bond acceptors (Lipinski definition) is 3. The summed E-state index contributed by atoms with van der Waals surface area (Å²) in [5.41, 5.74) is 8.54. The van der Waals surface area contributed by atoms with Crippen molar-refractivity contribution in [2.75, 3.05) is 5.73 Å². The first-order valence-electron chi connectivity index (χ1n) is 4.44. The van der Waals surface area contributed by atoms with Gasteiger partial charge in [-0.3, -0.25) is 9.97 Å². The largest absolute Gasteiger partial charge is 0.397 e. The van der Waals surface area contributed by atoms with Gasteiger partial charge in [0.25, 0.3) is 0 Å². The minimum Gasteiger partial charge on any atom is -0.397 e. The third-order valence-electron chi connectivity index (χ3n) is 2.02. The second-order valence-electron chi connectivity index (χ2n) is 3.08. The fourth-order valence-corrected chi connectivity index (χ4v) is 1.29. The molecule has 0 saturated heterocycles. The van der Waals surface area contributed by atoms with Crippen molar-refractivity contribution in [3.63, 3.8) is 0 Å². The van der Waals surface area contributed by atoms with Crippen LogP contribution in [0.3, 0.4) is 0 Å². The first-order chi connectivity index (χ1) is 6.86. The highest BCUT2D eigenvalue weighted by Crippen LogP contribution is 2.11. The zero-order valence-corrected chi connectivity index (χ0v) is 7.72. The molecule has 0 saturated carbocycles. The molecular weight excluding hydrogens is 174 g/mol. The molecule has 0 aliphatic heterocycles. The van der Waals surface area contributed by atoms with Crippen LogP contribution in [0.1, 0.15) is 11.3 Å². The van der Waals surface area contributed by atoms with Gasteiger partial charge in [0.15, 0.2) is 0 Å². The van der Waals surface area contributed by atoms with Gasteiger partial charge < -0.3 is 5.73 Å². The van der Waals surface area contributed by atoms with Crippen LogP contribution in [0, 0.1) is 0 Å². The summed E-state index contributed by atoms with van der Waals surface area (Å²) in [6.07, 6.45) is 6.07. The average Bonchev–Trinajstić information content (AvgIpc) is 2.23. The lowest BCUT2D eigenvalue weighted by atomic mass is 10.1. The third kappa shape index (κ3) is 1.88. The Bertz CT molecular complexity index is 412. The van der Waals surface area contributed by atoms with Crippen LogP contribution in [0.25, 0.3) is 0 Å². The van der Waals surface area contributed by atoms with E-state index in [1.165, 1.54) is 0 Å². The van der Waals surface area contributed by atoms with E-state index >= 15 is 0 Å². The fourth-order valence-electron chi connectivity index (χ4n) is 1.29. The van der Waals surface area contributed by atoms with Gasteiger partial charge in [-0.15, -0.1) is 0 Å². The number of aromatic nitrogens is 2. The van der Waals surface area contributed by atoms with Gasteiger partial charge in [0.2, 0.25) is 0 Å². The van der Waals surface area contributed by atoms with Crippen molar-refractivity contribution >= 4 is 5.69 Å². The molecule has 70 valence electrons. The molecule has 0 aliphatic rings. The predicted molar refractivity (Wildman–Crippen MR) is 55.7 cm³/mol. The average molecular weight is 185 g/mol. The lowest BCUT2D eigenvalue weighted by Crippen LogP contribution is -1.98. The van der Waals surface area contributed by atoms with Crippen LogP contribution < -0.4 is 5.73 Å². The minimum atomic E-state index is 0.733. The van der Waals surface area contributed by atoms with Crippen molar-refractivity contribution in [3.8, 4) is 0 Å². The van der Waals surface area contributed by atoms with Gasteiger partial charge in [-0.1, -0.05) is 6.07 Å². The van der Waals surface area contributed by atoms with Gasteiger partial charge in [0, 0.05) is 25.0 Å². The van der Waals surface area contributed by atoms with E-state index in [1.807, 2.05) is 30.5 Å². The van der Waals surface area contributed by atoms with Gasteiger partial charge in [-0.2, -0.15) is 0 Å². The molecule has 0 spiro atoms. The Morgan fingerprint density at radius 2 is 2.00 bits per heavy atom. The molecule has 3 heteroatoms. The summed E-state index contributed by atoms with van der Waals surface area (Å²) in [5, 5.41) is 0. The van der Waals surface area contributed by atoms with Crippen molar-refractivity contribution in [3.05, 3.63) is 54.1 Å².